The fourth-order valence-corrected chi connectivity index (χ4v) is 2.34. The van der Waals surface area contributed by atoms with Gasteiger partial charge in [-0.05, 0) is 6.92 Å². The minimum Gasteiger partial charge on any atom is -0.506 e. The predicted molar refractivity (Wildman–Crippen MR) is 75.1 cm³/mol. The molecule has 0 amide bonds. The van der Waals surface area contributed by atoms with Crippen LogP contribution in [-0.2, 0) is 22.7 Å². The molecule has 0 radical (unpaired) electrons. The van der Waals surface area contributed by atoms with Gasteiger partial charge in [0.2, 0.25) is 0 Å². The molecule has 0 saturated carbocycles. The van der Waals surface area contributed by atoms with E-state index in [0.717, 1.165) is 0 Å². The van der Waals surface area contributed by atoms with Gasteiger partial charge < -0.3 is 40.1 Å². The van der Waals surface area contributed by atoms with Gasteiger partial charge in [0, 0.05) is 17.3 Å². The third kappa shape index (κ3) is 3.78. The van der Waals surface area contributed by atoms with Crippen molar-refractivity contribution in [1.82, 2.24) is 4.98 Å². The summed E-state index contributed by atoms with van der Waals surface area (Å²) in [6, 6.07) is 0. The van der Waals surface area contributed by atoms with Gasteiger partial charge in [0.05, 0.1) is 25.5 Å². The zero-order valence-electron chi connectivity index (χ0n) is 12.5. The molecule has 0 aromatic carbocycles. The smallest absolute Gasteiger partial charge is 0.184 e. The topological polar surface area (TPSA) is 153 Å². The minimum absolute atomic E-state index is 0.0297. The van der Waals surface area contributed by atoms with E-state index in [9.17, 15) is 30.6 Å². The third-order valence-electron chi connectivity index (χ3n) is 3.82. The summed E-state index contributed by atoms with van der Waals surface area (Å²) >= 11 is 0. The summed E-state index contributed by atoms with van der Waals surface area (Å²) in [6.45, 7) is 0.999. The average Bonchev–Trinajstić information content (AvgIpc) is 2.53. The predicted octanol–water partition coefficient (Wildman–Crippen LogP) is -2.10. The van der Waals surface area contributed by atoms with E-state index in [2.05, 4.69) is 4.98 Å². The molecule has 1 aromatic rings. The Bertz CT molecular complexity index is 540. The summed E-state index contributed by atoms with van der Waals surface area (Å²) in [5, 5.41) is 57.3. The van der Waals surface area contributed by atoms with Crippen molar-refractivity contribution in [3.8, 4) is 5.75 Å². The monoisotopic (exact) mass is 331 g/mol. The first-order valence-corrected chi connectivity index (χ1v) is 7.09. The van der Waals surface area contributed by atoms with Crippen molar-refractivity contribution in [2.24, 2.45) is 0 Å². The van der Waals surface area contributed by atoms with Crippen LogP contribution in [0, 0.1) is 6.92 Å². The summed E-state index contributed by atoms with van der Waals surface area (Å²) < 4.78 is 10.3. The molecular formula is C14H21NO8. The Morgan fingerprint density at radius 3 is 2.52 bits per heavy atom. The average molecular weight is 331 g/mol. The summed E-state index contributed by atoms with van der Waals surface area (Å²) in [7, 11) is 0. The SMILES string of the molecule is Cc1ncc(COCC2OC(O)C(O)C(O)C2O)c(CO)c1O. The number of aromatic hydroxyl groups is 1. The first-order chi connectivity index (χ1) is 10.9. The Morgan fingerprint density at radius 2 is 1.87 bits per heavy atom. The maximum Gasteiger partial charge on any atom is 0.184 e. The van der Waals surface area contributed by atoms with Crippen molar-refractivity contribution in [3.05, 3.63) is 23.0 Å². The van der Waals surface area contributed by atoms with E-state index in [-0.39, 0.29) is 31.1 Å². The van der Waals surface area contributed by atoms with E-state index < -0.39 is 30.7 Å². The molecule has 6 N–H and O–H groups in total. The number of hydrogen-bond donors (Lipinski definition) is 6. The molecule has 23 heavy (non-hydrogen) atoms. The second kappa shape index (κ2) is 7.49. The zero-order chi connectivity index (χ0) is 17.1. The van der Waals surface area contributed by atoms with Crippen molar-refractivity contribution < 1.29 is 40.1 Å². The quantitative estimate of drug-likeness (QED) is 0.356. The van der Waals surface area contributed by atoms with E-state index in [4.69, 9.17) is 9.47 Å². The number of pyridine rings is 1. The number of aryl methyl sites for hydroxylation is 1. The first-order valence-electron chi connectivity index (χ1n) is 7.09. The Labute approximate surface area is 132 Å². The molecule has 0 spiro atoms. The maximum atomic E-state index is 9.83. The van der Waals surface area contributed by atoms with E-state index >= 15 is 0 Å². The number of aliphatic hydroxyl groups is 5. The molecule has 9 nitrogen and oxygen atoms in total. The molecule has 1 aliphatic rings. The lowest BCUT2D eigenvalue weighted by molar-refractivity contribution is -0.289. The molecule has 5 atom stereocenters. The van der Waals surface area contributed by atoms with Crippen LogP contribution < -0.4 is 0 Å². The Morgan fingerprint density at radius 1 is 1.17 bits per heavy atom. The molecule has 1 fully saturated rings. The molecule has 0 aliphatic carbocycles. The second-order valence-electron chi connectivity index (χ2n) is 5.41. The second-order valence-corrected chi connectivity index (χ2v) is 5.41. The molecule has 1 aromatic heterocycles. The lowest BCUT2D eigenvalue weighted by atomic mass is 9.99. The lowest BCUT2D eigenvalue weighted by Crippen LogP contribution is -2.58. The van der Waals surface area contributed by atoms with Crippen LogP contribution in [-0.4, -0.2) is 72.9 Å². The van der Waals surface area contributed by atoms with Crippen LogP contribution in [0.4, 0.5) is 0 Å². The minimum atomic E-state index is -1.62. The van der Waals surface area contributed by atoms with Gasteiger partial charge in [-0.25, -0.2) is 0 Å². The van der Waals surface area contributed by atoms with E-state index in [0.29, 0.717) is 11.3 Å². The van der Waals surface area contributed by atoms with Gasteiger partial charge in [0.1, 0.15) is 30.2 Å². The van der Waals surface area contributed by atoms with Gasteiger partial charge in [0.25, 0.3) is 0 Å². The molecule has 0 bridgehead atoms. The van der Waals surface area contributed by atoms with Crippen molar-refractivity contribution in [3.63, 3.8) is 0 Å². The van der Waals surface area contributed by atoms with Gasteiger partial charge in [-0.3, -0.25) is 4.98 Å². The number of aliphatic hydroxyl groups excluding tert-OH is 5. The number of rotatable bonds is 5. The van der Waals surface area contributed by atoms with Crippen LogP contribution in [0.1, 0.15) is 16.8 Å². The van der Waals surface area contributed by atoms with Crippen LogP contribution in [0.25, 0.3) is 0 Å². The highest BCUT2D eigenvalue weighted by molar-refractivity contribution is 5.39. The maximum absolute atomic E-state index is 9.83. The summed E-state index contributed by atoms with van der Waals surface area (Å²) in [4.78, 5) is 3.97. The molecule has 1 aliphatic heterocycles. The normalized spacial score (nSPS) is 31.3. The van der Waals surface area contributed by atoms with E-state index in [1.54, 1.807) is 6.92 Å². The van der Waals surface area contributed by atoms with Crippen LogP contribution in [0.15, 0.2) is 6.20 Å². The number of nitrogens with zero attached hydrogens (tertiary/aromatic N) is 1. The van der Waals surface area contributed by atoms with Crippen molar-refractivity contribution in [2.75, 3.05) is 6.61 Å². The summed E-state index contributed by atoms with van der Waals surface area (Å²) in [5.74, 6) is -0.114. The standard InChI is InChI=1S/C14H21NO8/c1-6-10(17)8(3-16)7(2-15-6)4-22-5-9-11(18)12(19)13(20)14(21)23-9/h2,9,11-14,16-21H,3-5H2,1H3. The molecule has 2 heterocycles. The molecule has 9 heteroatoms. The van der Waals surface area contributed by atoms with Crippen molar-refractivity contribution in [1.29, 1.82) is 0 Å². The number of ether oxygens (including phenoxy) is 2. The highest BCUT2D eigenvalue weighted by Crippen LogP contribution is 2.25. The van der Waals surface area contributed by atoms with Crippen LogP contribution in [0.3, 0.4) is 0 Å². The largest absolute Gasteiger partial charge is 0.506 e. The summed E-state index contributed by atoms with van der Waals surface area (Å²) in [6.07, 6.45) is -5.78. The van der Waals surface area contributed by atoms with E-state index in [1.165, 1.54) is 6.20 Å². The fraction of sp³-hybridized carbons (Fsp3) is 0.643. The Kier molecular flexibility index (Phi) is 5.87. The highest BCUT2D eigenvalue weighted by atomic mass is 16.6. The molecule has 1 saturated heterocycles. The van der Waals surface area contributed by atoms with Gasteiger partial charge in [-0.2, -0.15) is 0 Å². The molecular weight excluding hydrogens is 310 g/mol. The first kappa shape index (κ1) is 18.0. The van der Waals surface area contributed by atoms with Gasteiger partial charge >= 0.3 is 0 Å². The summed E-state index contributed by atoms with van der Waals surface area (Å²) in [5.41, 5.74) is 1.13. The third-order valence-corrected chi connectivity index (χ3v) is 3.82. The molecule has 2 rings (SSSR count). The lowest BCUT2D eigenvalue weighted by Gasteiger charge is -2.38. The van der Waals surface area contributed by atoms with Crippen LogP contribution in [0.5, 0.6) is 5.75 Å². The van der Waals surface area contributed by atoms with Crippen LogP contribution in [0.2, 0.25) is 0 Å². The number of aromatic nitrogens is 1. The van der Waals surface area contributed by atoms with E-state index in [1.807, 2.05) is 0 Å². The van der Waals surface area contributed by atoms with Gasteiger partial charge in [0.15, 0.2) is 6.29 Å². The van der Waals surface area contributed by atoms with Gasteiger partial charge in [-0.1, -0.05) is 0 Å². The Hall–Kier alpha value is -1.33. The van der Waals surface area contributed by atoms with Crippen molar-refractivity contribution >= 4 is 0 Å². The molecule has 5 unspecified atom stereocenters. The molecule has 130 valence electrons. The van der Waals surface area contributed by atoms with Gasteiger partial charge in [-0.15, -0.1) is 0 Å². The van der Waals surface area contributed by atoms with Crippen molar-refractivity contribution in [2.45, 2.75) is 50.8 Å². The fourth-order valence-electron chi connectivity index (χ4n) is 2.34. The Balaban J connectivity index is 1.96. The van der Waals surface area contributed by atoms with Crippen LogP contribution >= 0.6 is 0 Å². The highest BCUT2D eigenvalue weighted by Gasteiger charge is 2.42. The zero-order valence-corrected chi connectivity index (χ0v) is 12.5. The number of hydrogen-bond acceptors (Lipinski definition) is 9.